The summed E-state index contributed by atoms with van der Waals surface area (Å²) in [7, 11) is 0. The molecule has 0 saturated carbocycles. The lowest BCUT2D eigenvalue weighted by molar-refractivity contribution is -0.689. The molecule has 0 radical (unpaired) electrons. The highest BCUT2D eigenvalue weighted by Crippen LogP contribution is 2.40. The van der Waals surface area contributed by atoms with Crippen LogP contribution in [0.2, 0.25) is 0 Å². The average Bonchev–Trinajstić information content (AvgIpc) is 3.10. The Kier molecular flexibility index (Phi) is 5.52. The number of fused-ring (bicyclic) bond motifs is 1. The first-order valence-electron chi connectivity index (χ1n) is 8.65. The molecule has 0 aromatic carbocycles. The first-order chi connectivity index (χ1) is 13.9. The summed E-state index contributed by atoms with van der Waals surface area (Å²) in [5.74, 6) is -1.48. The summed E-state index contributed by atoms with van der Waals surface area (Å²) in [6.45, 7) is 0.375. The van der Waals surface area contributed by atoms with E-state index < -0.39 is 23.3 Å². The van der Waals surface area contributed by atoms with E-state index in [9.17, 15) is 24.3 Å². The lowest BCUT2D eigenvalue weighted by atomic mass is 10.0. The fourth-order valence-corrected chi connectivity index (χ4v) is 6.35. The molecular weight excluding hydrogens is 434 g/mol. The number of carbonyl (C=O) groups excluding carboxylic acids is 2. The topological polar surface area (TPSA) is 108 Å². The van der Waals surface area contributed by atoms with Crippen LogP contribution in [-0.2, 0) is 27.3 Å². The zero-order valence-electron chi connectivity index (χ0n) is 14.9. The smallest absolute Gasteiger partial charge is 0.352 e. The van der Waals surface area contributed by atoms with Crippen LogP contribution in [0.5, 0.6) is 0 Å². The van der Waals surface area contributed by atoms with E-state index in [0.717, 1.165) is 22.7 Å². The van der Waals surface area contributed by atoms with Crippen molar-refractivity contribution in [3.05, 3.63) is 61.0 Å². The van der Waals surface area contributed by atoms with Crippen molar-refractivity contribution < 1.29 is 24.1 Å². The number of aromatic nitrogens is 1. The van der Waals surface area contributed by atoms with E-state index in [1.807, 2.05) is 35.2 Å². The first kappa shape index (κ1) is 19.8. The van der Waals surface area contributed by atoms with Crippen molar-refractivity contribution in [2.45, 2.75) is 24.4 Å². The summed E-state index contributed by atoms with van der Waals surface area (Å²) < 4.78 is 1.77. The molecule has 2 atom stereocenters. The molecule has 11 heteroatoms. The maximum Gasteiger partial charge on any atom is 0.352 e. The Morgan fingerprint density at radius 1 is 1.24 bits per heavy atom. The van der Waals surface area contributed by atoms with E-state index >= 15 is 0 Å². The highest BCUT2D eigenvalue weighted by molar-refractivity contribution is 8.00. The fraction of sp³-hybridized carbons (Fsp3) is 0.278. The van der Waals surface area contributed by atoms with Crippen molar-refractivity contribution in [1.29, 1.82) is 0 Å². The number of hydrogen-bond acceptors (Lipinski definition) is 7. The monoisotopic (exact) mass is 450 g/mol. The molecule has 4 rings (SSSR count). The number of carboxylic acids is 1. The maximum absolute atomic E-state index is 12.6. The van der Waals surface area contributed by atoms with E-state index in [0.29, 0.717) is 22.7 Å². The molecule has 2 aliphatic rings. The molecule has 150 valence electrons. The van der Waals surface area contributed by atoms with Gasteiger partial charge in [0, 0.05) is 33.7 Å². The Morgan fingerprint density at radius 3 is 2.66 bits per heavy atom. The van der Waals surface area contributed by atoms with Gasteiger partial charge in [-0.15, -0.1) is 11.8 Å². The SMILES string of the molecule is O=C(Cc1csc(=O)s1)NC1C(=O)N2C(C(=O)O)=C(C[n+]3ccccc3)CSC12. The fourth-order valence-electron chi connectivity index (χ4n) is 3.29. The second-order valence-corrected chi connectivity index (χ2v) is 9.80. The van der Waals surface area contributed by atoms with E-state index in [4.69, 9.17) is 0 Å². The van der Waals surface area contributed by atoms with Gasteiger partial charge in [-0.3, -0.25) is 19.3 Å². The van der Waals surface area contributed by atoms with Crippen LogP contribution in [0.15, 0.2) is 52.0 Å². The Bertz CT molecular complexity index is 1060. The predicted octanol–water partition coefficient (Wildman–Crippen LogP) is 0.439. The number of nitrogens with zero attached hydrogens (tertiary/aromatic N) is 2. The molecule has 2 aliphatic heterocycles. The van der Waals surface area contributed by atoms with Gasteiger partial charge in [-0.1, -0.05) is 28.7 Å². The standard InChI is InChI=1S/C18H15N3O5S3/c22-12(6-11-9-28-18(26)29-11)19-13-15(23)21-14(17(24)25)10(8-27-16(13)21)7-20-4-2-1-3-5-20/h1-5,9,13,16H,6-8H2,(H-,19,22,24,25)/p+1. The minimum Gasteiger partial charge on any atom is -0.477 e. The maximum atomic E-state index is 12.6. The molecule has 2 unspecified atom stereocenters. The van der Waals surface area contributed by atoms with Crippen LogP contribution in [-0.4, -0.2) is 45.0 Å². The summed E-state index contributed by atoms with van der Waals surface area (Å²) in [6.07, 6.45) is 3.70. The largest absolute Gasteiger partial charge is 0.477 e. The van der Waals surface area contributed by atoms with Crippen LogP contribution < -0.4 is 13.9 Å². The van der Waals surface area contributed by atoms with Crippen molar-refractivity contribution in [1.82, 2.24) is 10.2 Å². The molecule has 1 saturated heterocycles. The summed E-state index contributed by atoms with van der Waals surface area (Å²) in [4.78, 5) is 49.9. The Labute approximate surface area is 177 Å². The minimum absolute atomic E-state index is 0.00310. The number of β-lactam (4-membered cyclic amide) rings is 1. The third kappa shape index (κ3) is 3.98. The number of pyridine rings is 1. The summed E-state index contributed by atoms with van der Waals surface area (Å²) in [5.41, 5.74) is 0.646. The molecule has 0 aliphatic carbocycles. The number of nitrogens with one attached hydrogen (secondary N) is 1. The molecule has 2 N–H and O–H groups in total. The van der Waals surface area contributed by atoms with Gasteiger partial charge in [-0.2, -0.15) is 0 Å². The van der Waals surface area contributed by atoms with Gasteiger partial charge in [0.05, 0.1) is 6.42 Å². The zero-order valence-corrected chi connectivity index (χ0v) is 17.4. The van der Waals surface area contributed by atoms with E-state index in [2.05, 4.69) is 5.32 Å². The summed E-state index contributed by atoms with van der Waals surface area (Å²) in [5, 5.41) is 13.6. The van der Waals surface area contributed by atoms with Crippen LogP contribution in [0.3, 0.4) is 0 Å². The number of thioether (sulfide) groups is 1. The third-order valence-electron chi connectivity index (χ3n) is 4.55. The van der Waals surface area contributed by atoms with Crippen molar-refractivity contribution in [3.8, 4) is 0 Å². The number of carboxylic acid groups (broad SMARTS) is 1. The third-order valence-corrected chi connectivity index (χ3v) is 7.87. The number of carbonyl (C=O) groups is 3. The molecule has 1 fully saturated rings. The Morgan fingerprint density at radius 2 is 2.00 bits per heavy atom. The molecule has 8 nitrogen and oxygen atoms in total. The lowest BCUT2D eigenvalue weighted by Gasteiger charge is -2.49. The Hall–Kier alpha value is -2.50. The van der Waals surface area contributed by atoms with Gasteiger partial charge in [0.2, 0.25) is 5.91 Å². The number of hydrogen-bond donors (Lipinski definition) is 2. The van der Waals surface area contributed by atoms with Gasteiger partial charge in [0.25, 0.3) is 9.96 Å². The summed E-state index contributed by atoms with van der Waals surface area (Å²) in [6, 6.07) is 4.81. The van der Waals surface area contributed by atoms with E-state index in [-0.39, 0.29) is 22.1 Å². The molecular formula is C18H16N3O5S3+. The quantitative estimate of drug-likeness (QED) is 0.489. The van der Waals surface area contributed by atoms with Crippen LogP contribution in [0.1, 0.15) is 4.88 Å². The average molecular weight is 451 g/mol. The van der Waals surface area contributed by atoms with E-state index in [1.165, 1.54) is 16.7 Å². The molecule has 4 heterocycles. The highest BCUT2D eigenvalue weighted by Gasteiger charge is 2.54. The van der Waals surface area contributed by atoms with Gasteiger partial charge in [-0.05, 0) is 0 Å². The zero-order chi connectivity index (χ0) is 20.5. The van der Waals surface area contributed by atoms with Crippen LogP contribution in [0.4, 0.5) is 0 Å². The van der Waals surface area contributed by atoms with Crippen LogP contribution in [0.25, 0.3) is 0 Å². The number of aliphatic carboxylic acids is 1. The van der Waals surface area contributed by atoms with Crippen molar-refractivity contribution in [2.24, 2.45) is 0 Å². The van der Waals surface area contributed by atoms with Crippen LogP contribution >= 0.6 is 34.4 Å². The number of rotatable bonds is 6. The molecule has 29 heavy (non-hydrogen) atoms. The Balaban J connectivity index is 1.48. The van der Waals surface area contributed by atoms with Gasteiger partial charge in [0.15, 0.2) is 18.9 Å². The van der Waals surface area contributed by atoms with E-state index in [1.54, 1.807) is 5.38 Å². The second kappa shape index (κ2) is 8.09. The normalized spacial score (nSPS) is 20.8. The van der Waals surface area contributed by atoms with Gasteiger partial charge >= 0.3 is 5.97 Å². The van der Waals surface area contributed by atoms with Crippen molar-refractivity contribution >= 4 is 52.2 Å². The highest BCUT2D eigenvalue weighted by atomic mass is 32.2. The lowest BCUT2D eigenvalue weighted by Crippen LogP contribution is -2.70. The second-order valence-electron chi connectivity index (χ2n) is 6.49. The molecule has 0 bridgehead atoms. The molecule has 2 aromatic rings. The van der Waals surface area contributed by atoms with Crippen molar-refractivity contribution in [3.63, 3.8) is 0 Å². The summed E-state index contributed by atoms with van der Waals surface area (Å²) >= 11 is 3.49. The minimum atomic E-state index is -1.15. The predicted molar refractivity (Wildman–Crippen MR) is 108 cm³/mol. The molecule has 2 amide bonds. The van der Waals surface area contributed by atoms with Crippen LogP contribution in [0, 0.1) is 0 Å². The van der Waals surface area contributed by atoms with Crippen molar-refractivity contribution in [2.75, 3.05) is 5.75 Å². The molecule has 2 aromatic heterocycles. The first-order valence-corrected chi connectivity index (χ1v) is 11.4. The number of amides is 2. The van der Waals surface area contributed by atoms with Gasteiger partial charge < -0.3 is 10.4 Å². The van der Waals surface area contributed by atoms with Gasteiger partial charge in [-0.25, -0.2) is 9.36 Å². The van der Waals surface area contributed by atoms with Gasteiger partial charge in [0.1, 0.15) is 17.1 Å². The molecule has 0 spiro atoms.